The summed E-state index contributed by atoms with van der Waals surface area (Å²) in [6, 6.07) is 9.77. The highest BCUT2D eigenvalue weighted by molar-refractivity contribution is 7.99. The summed E-state index contributed by atoms with van der Waals surface area (Å²) in [7, 11) is 1.51. The van der Waals surface area contributed by atoms with Crippen LogP contribution in [-0.4, -0.2) is 32.5 Å². The zero-order chi connectivity index (χ0) is 21.4. The molecule has 154 valence electrons. The highest BCUT2D eigenvalue weighted by Crippen LogP contribution is 2.46. The lowest BCUT2D eigenvalue weighted by molar-refractivity contribution is 0.0696. The molecule has 2 aromatic heterocycles. The summed E-state index contributed by atoms with van der Waals surface area (Å²) in [5.74, 6) is -1.17. The molecule has 4 aromatic rings. The zero-order valence-corrected chi connectivity index (χ0v) is 17.7. The molecule has 1 N–H and O–H groups in total. The molecule has 0 saturated heterocycles. The second kappa shape index (κ2) is 8.04. The molecular formula is C21H17ClFN3O3S. The minimum atomic E-state index is -1.02. The molecule has 30 heavy (non-hydrogen) atoms. The Balaban J connectivity index is 1.97. The minimum Gasteiger partial charge on any atom is -0.481 e. The van der Waals surface area contributed by atoms with Gasteiger partial charge in [-0.3, -0.25) is 9.25 Å². The lowest BCUT2D eigenvalue weighted by Crippen LogP contribution is -1.99. The Morgan fingerprint density at radius 1 is 1.33 bits per heavy atom. The highest BCUT2D eigenvalue weighted by atomic mass is 35.5. The molecule has 0 bridgehead atoms. The third-order valence-corrected chi connectivity index (χ3v) is 6.01. The van der Waals surface area contributed by atoms with E-state index in [2.05, 4.69) is 5.10 Å². The quantitative estimate of drug-likeness (QED) is 0.424. The van der Waals surface area contributed by atoms with Gasteiger partial charge >= 0.3 is 5.97 Å². The van der Waals surface area contributed by atoms with Crippen LogP contribution in [-0.2, 0) is 6.54 Å². The monoisotopic (exact) mass is 445 g/mol. The molecule has 0 saturated carbocycles. The van der Waals surface area contributed by atoms with Gasteiger partial charge in [0.1, 0.15) is 0 Å². The smallest absolute Gasteiger partial charge is 0.335 e. The normalized spacial score (nSPS) is 11.2. The van der Waals surface area contributed by atoms with Crippen LogP contribution in [0.3, 0.4) is 0 Å². The van der Waals surface area contributed by atoms with Gasteiger partial charge in [0.25, 0.3) is 0 Å². The fourth-order valence-electron chi connectivity index (χ4n) is 3.24. The van der Waals surface area contributed by atoms with Crippen LogP contribution >= 0.6 is 23.4 Å². The molecular weight excluding hydrogens is 429 g/mol. The SMILES string of the molecule is CCn1cc(-n2c(OC)c(Sc3cccc(C(=O)O)c3)c3ccc(Cl)c(F)c32)cn1. The fraction of sp³-hybridized carbons (Fsp3) is 0.143. The maximum Gasteiger partial charge on any atom is 0.335 e. The number of halogens is 2. The van der Waals surface area contributed by atoms with Gasteiger partial charge in [0.05, 0.1) is 40.0 Å². The first-order valence-corrected chi connectivity index (χ1v) is 10.2. The molecule has 0 radical (unpaired) electrons. The van der Waals surface area contributed by atoms with E-state index in [0.29, 0.717) is 33.3 Å². The van der Waals surface area contributed by atoms with Crippen molar-refractivity contribution < 1.29 is 19.0 Å². The highest BCUT2D eigenvalue weighted by Gasteiger charge is 2.25. The van der Waals surface area contributed by atoms with Crippen molar-refractivity contribution >= 4 is 40.2 Å². The van der Waals surface area contributed by atoms with E-state index in [1.165, 1.54) is 31.0 Å². The van der Waals surface area contributed by atoms with Gasteiger partial charge < -0.3 is 9.84 Å². The van der Waals surface area contributed by atoms with Crippen molar-refractivity contribution in [3.63, 3.8) is 0 Å². The predicted octanol–water partition coefficient (Wildman–Crippen LogP) is 5.50. The van der Waals surface area contributed by atoms with E-state index >= 15 is 4.39 Å². The summed E-state index contributed by atoms with van der Waals surface area (Å²) in [6.45, 7) is 2.62. The molecule has 9 heteroatoms. The Morgan fingerprint density at radius 2 is 2.13 bits per heavy atom. The Labute approximate surface area is 180 Å². The van der Waals surface area contributed by atoms with Gasteiger partial charge in [-0.05, 0) is 37.3 Å². The van der Waals surface area contributed by atoms with Gasteiger partial charge in [0, 0.05) is 23.0 Å². The van der Waals surface area contributed by atoms with Crippen molar-refractivity contribution in [1.29, 1.82) is 0 Å². The van der Waals surface area contributed by atoms with Crippen LogP contribution in [0.2, 0.25) is 5.02 Å². The van der Waals surface area contributed by atoms with Gasteiger partial charge in [-0.2, -0.15) is 5.10 Å². The van der Waals surface area contributed by atoms with E-state index in [4.69, 9.17) is 16.3 Å². The number of rotatable bonds is 6. The summed E-state index contributed by atoms with van der Waals surface area (Å²) >= 11 is 7.37. The number of nitrogens with zero attached hydrogens (tertiary/aromatic N) is 3. The summed E-state index contributed by atoms with van der Waals surface area (Å²) in [4.78, 5) is 12.7. The van der Waals surface area contributed by atoms with E-state index in [0.717, 1.165) is 0 Å². The Kier molecular flexibility index (Phi) is 5.44. The first-order valence-electron chi connectivity index (χ1n) is 9.05. The summed E-state index contributed by atoms with van der Waals surface area (Å²) in [5, 5.41) is 14.2. The summed E-state index contributed by atoms with van der Waals surface area (Å²) in [5.41, 5.74) is 1.07. The number of ether oxygens (including phenoxy) is 1. The van der Waals surface area contributed by atoms with Gasteiger partial charge in [-0.25, -0.2) is 9.18 Å². The van der Waals surface area contributed by atoms with Crippen molar-refractivity contribution in [2.24, 2.45) is 0 Å². The minimum absolute atomic E-state index is 0.00351. The van der Waals surface area contributed by atoms with Crippen LogP contribution in [0, 0.1) is 5.82 Å². The molecule has 4 rings (SSSR count). The topological polar surface area (TPSA) is 69.3 Å². The number of aromatic nitrogens is 3. The van der Waals surface area contributed by atoms with Crippen LogP contribution in [0.25, 0.3) is 16.6 Å². The van der Waals surface area contributed by atoms with Crippen LogP contribution in [0.5, 0.6) is 5.88 Å². The molecule has 0 fully saturated rings. The maximum atomic E-state index is 15.1. The number of fused-ring (bicyclic) bond motifs is 1. The zero-order valence-electron chi connectivity index (χ0n) is 16.1. The number of methoxy groups -OCH3 is 1. The van der Waals surface area contributed by atoms with Crippen LogP contribution in [0.4, 0.5) is 4.39 Å². The first-order chi connectivity index (χ1) is 14.4. The number of carboxylic acids is 1. The standard InChI is InChI=1S/C21H17ClFN3O3S/c1-3-25-11-13(10-24-25)26-18-15(7-8-16(22)17(18)23)19(20(26)29-2)30-14-6-4-5-12(9-14)21(27)28/h4-11H,3H2,1-2H3,(H,27,28). The molecule has 2 aromatic carbocycles. The fourth-order valence-corrected chi connectivity index (χ4v) is 4.50. The number of aromatic carboxylic acids is 1. The van der Waals surface area contributed by atoms with E-state index in [9.17, 15) is 9.90 Å². The number of carboxylic acid groups (broad SMARTS) is 1. The van der Waals surface area contributed by atoms with Gasteiger partial charge in [-0.1, -0.05) is 29.4 Å². The predicted molar refractivity (Wildman–Crippen MR) is 114 cm³/mol. The third-order valence-electron chi connectivity index (χ3n) is 4.63. The Hall–Kier alpha value is -2.97. The number of carbonyl (C=O) groups is 1. The van der Waals surface area contributed by atoms with Crippen molar-refractivity contribution in [3.8, 4) is 11.6 Å². The average Bonchev–Trinajstić information content (AvgIpc) is 3.33. The molecule has 0 atom stereocenters. The maximum absolute atomic E-state index is 15.1. The van der Waals surface area contributed by atoms with Crippen molar-refractivity contribution in [1.82, 2.24) is 14.3 Å². The molecule has 0 aliphatic heterocycles. The van der Waals surface area contributed by atoms with Gasteiger partial charge in [0.15, 0.2) is 5.82 Å². The van der Waals surface area contributed by atoms with E-state index in [1.807, 2.05) is 6.92 Å². The van der Waals surface area contributed by atoms with Crippen LogP contribution in [0.1, 0.15) is 17.3 Å². The lowest BCUT2D eigenvalue weighted by Gasteiger charge is -2.09. The van der Waals surface area contributed by atoms with Crippen molar-refractivity contribution in [3.05, 3.63) is 65.2 Å². The van der Waals surface area contributed by atoms with Gasteiger partial charge in [0.2, 0.25) is 5.88 Å². The number of benzene rings is 2. The van der Waals surface area contributed by atoms with Crippen molar-refractivity contribution in [2.45, 2.75) is 23.3 Å². The second-order valence-corrected chi connectivity index (χ2v) is 7.91. The molecule has 0 aliphatic rings. The average molecular weight is 446 g/mol. The summed E-state index contributed by atoms with van der Waals surface area (Å²) < 4.78 is 24.2. The summed E-state index contributed by atoms with van der Waals surface area (Å²) in [6.07, 6.45) is 3.42. The largest absolute Gasteiger partial charge is 0.481 e. The van der Waals surface area contributed by atoms with Crippen LogP contribution in [0.15, 0.2) is 58.6 Å². The number of hydrogen-bond acceptors (Lipinski definition) is 4. The molecule has 2 heterocycles. The van der Waals surface area contributed by atoms with Crippen molar-refractivity contribution in [2.75, 3.05) is 7.11 Å². The third kappa shape index (κ3) is 3.42. The Morgan fingerprint density at radius 3 is 2.80 bits per heavy atom. The molecule has 0 unspecified atom stereocenters. The van der Waals surface area contributed by atoms with Gasteiger partial charge in [-0.15, -0.1) is 0 Å². The Bertz CT molecular complexity index is 1270. The first kappa shape index (κ1) is 20.3. The molecule has 0 amide bonds. The lowest BCUT2D eigenvalue weighted by atomic mass is 10.2. The molecule has 6 nitrogen and oxygen atoms in total. The number of aryl methyl sites for hydroxylation is 1. The van der Waals surface area contributed by atoms with E-state index in [-0.39, 0.29) is 16.1 Å². The number of hydrogen-bond donors (Lipinski definition) is 1. The van der Waals surface area contributed by atoms with Crippen LogP contribution < -0.4 is 4.74 Å². The molecule has 0 aliphatic carbocycles. The molecule has 0 spiro atoms. The van der Waals surface area contributed by atoms with E-state index in [1.54, 1.807) is 45.9 Å². The van der Waals surface area contributed by atoms with E-state index < -0.39 is 11.8 Å². The second-order valence-electron chi connectivity index (χ2n) is 6.42.